The fourth-order valence-corrected chi connectivity index (χ4v) is 3.05. The maximum atomic E-state index is 6.00. The Balaban J connectivity index is 2.83. The smallest absolute Gasteiger partial charge is 0.0941 e. The van der Waals surface area contributed by atoms with Crippen LogP contribution in [-0.4, -0.2) is 0 Å². The van der Waals surface area contributed by atoms with E-state index >= 15 is 0 Å². The number of benzene rings is 1. The summed E-state index contributed by atoms with van der Waals surface area (Å²) in [6.07, 6.45) is 0. The second-order valence-corrected chi connectivity index (χ2v) is 4.99. The van der Waals surface area contributed by atoms with E-state index in [4.69, 9.17) is 34.8 Å². The monoisotopic (exact) mass is 250 g/mol. The van der Waals surface area contributed by atoms with Crippen LogP contribution in [0.4, 0.5) is 0 Å². The summed E-state index contributed by atoms with van der Waals surface area (Å²) in [4.78, 5) is 0. The Bertz CT molecular complexity index is 447. The molecule has 0 N–H and O–H groups in total. The van der Waals surface area contributed by atoms with Gasteiger partial charge in [-0.25, -0.2) is 0 Å². The van der Waals surface area contributed by atoms with E-state index in [2.05, 4.69) is 0 Å². The van der Waals surface area contributed by atoms with Gasteiger partial charge in [0.1, 0.15) is 0 Å². The molecule has 1 aromatic heterocycles. The molecule has 1 aromatic carbocycles. The van der Waals surface area contributed by atoms with Crippen LogP contribution in [0, 0.1) is 0 Å². The molecule has 0 radical (unpaired) electrons. The van der Waals surface area contributed by atoms with Crippen LogP contribution in [0.5, 0.6) is 0 Å². The van der Waals surface area contributed by atoms with Gasteiger partial charge in [-0.3, -0.25) is 0 Å². The third kappa shape index (κ3) is 1.66. The number of halogens is 3. The Morgan fingerprint density at radius 2 is 2.00 bits per heavy atom. The molecule has 0 saturated carbocycles. The Kier molecular flexibility index (Phi) is 2.70. The summed E-state index contributed by atoms with van der Waals surface area (Å²) in [5.74, 6) is 0.491. The first-order chi connectivity index (χ1) is 6.22. The van der Waals surface area contributed by atoms with Crippen molar-refractivity contribution in [2.75, 3.05) is 0 Å². The molecule has 4 heteroatoms. The summed E-state index contributed by atoms with van der Waals surface area (Å²) >= 11 is 19.2. The molecule has 2 rings (SSSR count). The van der Waals surface area contributed by atoms with E-state index in [1.54, 1.807) is 0 Å². The maximum absolute atomic E-state index is 6.00. The number of fused-ring (bicyclic) bond motifs is 1. The standard InChI is InChI=1S/C9H5Cl3S/c10-4-5-1-2-7(11)6-3-8(12)13-9(5)6/h1-3H,4H2. The average molecular weight is 252 g/mol. The van der Waals surface area contributed by atoms with Crippen LogP contribution in [0.1, 0.15) is 5.56 Å². The van der Waals surface area contributed by atoms with Crippen LogP contribution in [0.25, 0.3) is 10.1 Å². The van der Waals surface area contributed by atoms with E-state index in [1.807, 2.05) is 18.2 Å². The Hall–Kier alpha value is 0.0500. The van der Waals surface area contributed by atoms with Gasteiger partial charge in [-0.1, -0.05) is 29.3 Å². The van der Waals surface area contributed by atoms with Gasteiger partial charge in [-0.2, -0.15) is 0 Å². The van der Waals surface area contributed by atoms with Crippen LogP contribution in [0.15, 0.2) is 18.2 Å². The third-order valence-corrected chi connectivity index (χ3v) is 3.78. The Morgan fingerprint density at radius 3 is 2.69 bits per heavy atom. The zero-order valence-corrected chi connectivity index (χ0v) is 9.57. The minimum Gasteiger partial charge on any atom is -0.123 e. The van der Waals surface area contributed by atoms with Gasteiger partial charge < -0.3 is 0 Å². The Labute approximate surface area is 95.0 Å². The maximum Gasteiger partial charge on any atom is 0.0941 e. The minimum atomic E-state index is 0.491. The van der Waals surface area contributed by atoms with Crippen molar-refractivity contribution in [3.63, 3.8) is 0 Å². The Morgan fingerprint density at radius 1 is 1.23 bits per heavy atom. The number of hydrogen-bond acceptors (Lipinski definition) is 1. The van der Waals surface area contributed by atoms with Gasteiger partial charge in [-0.15, -0.1) is 22.9 Å². The first-order valence-corrected chi connectivity index (χ1v) is 5.75. The van der Waals surface area contributed by atoms with Gasteiger partial charge in [0.25, 0.3) is 0 Å². The van der Waals surface area contributed by atoms with Crippen molar-refractivity contribution >= 4 is 56.2 Å². The predicted octanol–water partition coefficient (Wildman–Crippen LogP) is 4.95. The van der Waals surface area contributed by atoms with Crippen molar-refractivity contribution in [3.05, 3.63) is 33.1 Å². The summed E-state index contributed by atoms with van der Waals surface area (Å²) in [6.45, 7) is 0. The quantitative estimate of drug-likeness (QED) is 0.629. The molecule has 0 unspecified atom stereocenters. The van der Waals surface area contributed by atoms with E-state index in [0.717, 1.165) is 25.0 Å². The lowest BCUT2D eigenvalue weighted by atomic mass is 10.2. The summed E-state index contributed by atoms with van der Waals surface area (Å²) in [5, 5.41) is 1.72. The molecule has 1 heterocycles. The molecule has 68 valence electrons. The molecule has 0 aliphatic rings. The summed E-state index contributed by atoms with van der Waals surface area (Å²) in [6, 6.07) is 5.66. The molecule has 13 heavy (non-hydrogen) atoms. The van der Waals surface area contributed by atoms with Crippen molar-refractivity contribution in [2.45, 2.75) is 5.88 Å². The van der Waals surface area contributed by atoms with Gasteiger partial charge in [0, 0.05) is 21.0 Å². The summed E-state index contributed by atoms with van der Waals surface area (Å²) < 4.78 is 1.84. The highest BCUT2D eigenvalue weighted by atomic mass is 35.5. The number of alkyl halides is 1. The predicted molar refractivity (Wildman–Crippen MR) is 61.4 cm³/mol. The molecular formula is C9H5Cl3S. The molecule has 2 aromatic rings. The van der Waals surface area contributed by atoms with E-state index in [1.165, 1.54) is 11.3 Å². The minimum absolute atomic E-state index is 0.491. The van der Waals surface area contributed by atoms with E-state index in [9.17, 15) is 0 Å². The average Bonchev–Trinajstić information content (AvgIpc) is 2.48. The third-order valence-electron chi connectivity index (χ3n) is 1.83. The molecule has 0 atom stereocenters. The van der Waals surface area contributed by atoms with Crippen LogP contribution >= 0.6 is 46.1 Å². The highest BCUT2D eigenvalue weighted by Gasteiger charge is 2.07. The lowest BCUT2D eigenvalue weighted by Crippen LogP contribution is -1.77. The van der Waals surface area contributed by atoms with E-state index in [-0.39, 0.29) is 0 Å². The topological polar surface area (TPSA) is 0 Å². The van der Waals surface area contributed by atoms with Gasteiger partial charge in [0.05, 0.1) is 4.34 Å². The van der Waals surface area contributed by atoms with Crippen molar-refractivity contribution < 1.29 is 0 Å². The van der Waals surface area contributed by atoms with E-state index in [0.29, 0.717) is 5.88 Å². The van der Waals surface area contributed by atoms with Gasteiger partial charge in [0.15, 0.2) is 0 Å². The summed E-state index contributed by atoms with van der Waals surface area (Å²) in [7, 11) is 0. The second kappa shape index (κ2) is 3.66. The highest BCUT2D eigenvalue weighted by molar-refractivity contribution is 7.23. The second-order valence-electron chi connectivity index (χ2n) is 2.63. The number of hydrogen-bond donors (Lipinski definition) is 0. The molecule has 0 spiro atoms. The lowest BCUT2D eigenvalue weighted by molar-refractivity contribution is 1.47. The largest absolute Gasteiger partial charge is 0.123 e. The molecular weight excluding hydrogens is 247 g/mol. The highest BCUT2D eigenvalue weighted by Crippen LogP contribution is 2.36. The molecule has 0 bridgehead atoms. The zero-order chi connectivity index (χ0) is 9.42. The lowest BCUT2D eigenvalue weighted by Gasteiger charge is -1.98. The number of rotatable bonds is 1. The molecule has 0 aliphatic carbocycles. The van der Waals surface area contributed by atoms with E-state index < -0.39 is 0 Å². The first kappa shape index (κ1) is 9.60. The molecule has 0 saturated heterocycles. The van der Waals surface area contributed by atoms with Crippen LogP contribution in [-0.2, 0) is 5.88 Å². The molecule has 0 nitrogen and oxygen atoms in total. The van der Waals surface area contributed by atoms with Crippen molar-refractivity contribution in [3.8, 4) is 0 Å². The fraction of sp³-hybridized carbons (Fsp3) is 0.111. The van der Waals surface area contributed by atoms with Crippen molar-refractivity contribution in [2.24, 2.45) is 0 Å². The van der Waals surface area contributed by atoms with Crippen LogP contribution < -0.4 is 0 Å². The van der Waals surface area contributed by atoms with Crippen molar-refractivity contribution in [1.29, 1.82) is 0 Å². The van der Waals surface area contributed by atoms with Crippen LogP contribution in [0.2, 0.25) is 9.36 Å². The normalized spacial score (nSPS) is 11.0. The number of thiophene rings is 1. The van der Waals surface area contributed by atoms with Gasteiger partial charge in [-0.05, 0) is 17.7 Å². The summed E-state index contributed by atoms with van der Waals surface area (Å²) in [5.41, 5.74) is 1.08. The first-order valence-electron chi connectivity index (χ1n) is 3.65. The molecule has 0 amide bonds. The van der Waals surface area contributed by atoms with Gasteiger partial charge in [0.2, 0.25) is 0 Å². The molecule has 0 fully saturated rings. The van der Waals surface area contributed by atoms with Crippen LogP contribution in [0.3, 0.4) is 0 Å². The SMILES string of the molecule is ClCc1ccc(Cl)c2cc(Cl)sc12. The zero-order valence-electron chi connectivity index (χ0n) is 6.48. The van der Waals surface area contributed by atoms with Gasteiger partial charge >= 0.3 is 0 Å². The fourth-order valence-electron chi connectivity index (χ4n) is 1.22. The molecule has 0 aliphatic heterocycles. The van der Waals surface area contributed by atoms with Crippen molar-refractivity contribution in [1.82, 2.24) is 0 Å².